The van der Waals surface area contributed by atoms with Crippen molar-refractivity contribution < 1.29 is 19.2 Å². The topological polar surface area (TPSA) is 91.0 Å². The molecular formula is C47H60Cl5N7O4. The summed E-state index contributed by atoms with van der Waals surface area (Å²) in [6, 6.07) is 13.9. The molecule has 5 heterocycles. The molecule has 5 aliphatic heterocycles. The fraction of sp³-hybridized carbons (Fsp3) is 0.489. The molecule has 0 aliphatic carbocycles. The van der Waals surface area contributed by atoms with Crippen LogP contribution in [0.15, 0.2) is 42.5 Å². The third-order valence-electron chi connectivity index (χ3n) is 13.9. The molecule has 5 aromatic rings. The zero-order chi connectivity index (χ0) is 39.7. The molecule has 10 rings (SSSR count). The van der Waals surface area contributed by atoms with Crippen LogP contribution in [0.5, 0.6) is 0 Å². The van der Waals surface area contributed by atoms with Crippen LogP contribution in [0.2, 0.25) is 0 Å². The number of hydrogen-bond donors (Lipinski definition) is 0. The summed E-state index contributed by atoms with van der Waals surface area (Å²) >= 11 is 0. The van der Waals surface area contributed by atoms with Crippen molar-refractivity contribution in [3.05, 3.63) is 64.7 Å². The van der Waals surface area contributed by atoms with E-state index in [0.29, 0.717) is 53.8 Å². The van der Waals surface area contributed by atoms with Crippen molar-refractivity contribution in [2.24, 2.45) is 0 Å². The number of carbonyl (C=O) groups is 4. The van der Waals surface area contributed by atoms with E-state index in [1.54, 1.807) is 0 Å². The smallest absolute Gasteiger partial charge is 0.261 e. The van der Waals surface area contributed by atoms with E-state index in [1.165, 1.54) is 22.6 Å². The molecule has 0 atom stereocenters. The standard InChI is InChI=1S/C47H55N7O4.5ClH/c1-48(2)16-9-21-51-22-26-52(27-23-51)38-30-37-41-36(46(57)54(47(37)58)29-25-50-19-7-4-8-20-50)14-11-32-31-10-13-34-40-35(15-12-33(39(31)40)42(38)43(32)41)45(56)53(44(34)55)28-24-49-17-5-3-6-18-49;;;;;/h10-15,30H,3-9,16-29H2,1-2H3;5*1H. The number of amides is 4. The van der Waals surface area contributed by atoms with Gasteiger partial charge in [0.2, 0.25) is 0 Å². The SMILES string of the molecule is CN(C)CCCN1CCN(c2cc3c4c(ccc5c6ccc7c8c(ccc(c2c45)c86)C(=O)N(CCN2CCCCC2)C7=O)C(=O)N(CCN2CCCCC2)C3=O)CC1.Cl.Cl.Cl.Cl.Cl. The summed E-state index contributed by atoms with van der Waals surface area (Å²) < 4.78 is 0. The molecule has 4 amide bonds. The highest BCUT2D eigenvalue weighted by atomic mass is 35.5. The number of benzene rings is 5. The minimum atomic E-state index is -0.235. The zero-order valence-corrected chi connectivity index (χ0v) is 40.3. The Morgan fingerprint density at radius 1 is 0.429 bits per heavy atom. The maximum absolute atomic E-state index is 14.7. The van der Waals surface area contributed by atoms with Crippen molar-refractivity contribution in [2.75, 3.05) is 111 Å². The van der Waals surface area contributed by atoms with Crippen LogP contribution in [0.3, 0.4) is 0 Å². The van der Waals surface area contributed by atoms with Gasteiger partial charge in [0.25, 0.3) is 23.6 Å². The number of likely N-dealkylation sites (tertiary alicyclic amines) is 2. The summed E-state index contributed by atoms with van der Waals surface area (Å²) in [4.78, 5) is 72.5. The second kappa shape index (κ2) is 20.9. The van der Waals surface area contributed by atoms with Crippen LogP contribution < -0.4 is 4.90 Å². The molecule has 63 heavy (non-hydrogen) atoms. The third kappa shape index (κ3) is 8.91. The van der Waals surface area contributed by atoms with Gasteiger partial charge in [0.15, 0.2) is 0 Å². The molecule has 5 aromatic carbocycles. The minimum absolute atomic E-state index is 0. The van der Waals surface area contributed by atoms with Gasteiger partial charge in [0.05, 0.1) is 5.56 Å². The van der Waals surface area contributed by atoms with Crippen molar-refractivity contribution in [1.82, 2.24) is 29.4 Å². The molecule has 11 nitrogen and oxygen atoms in total. The highest BCUT2D eigenvalue weighted by Gasteiger charge is 2.38. The molecule has 0 N–H and O–H groups in total. The Morgan fingerprint density at radius 2 is 0.857 bits per heavy atom. The zero-order valence-electron chi connectivity index (χ0n) is 36.2. The Kier molecular flexibility index (Phi) is 16.9. The highest BCUT2D eigenvalue weighted by molar-refractivity contribution is 6.42. The average Bonchev–Trinajstić information content (AvgIpc) is 3.24. The van der Waals surface area contributed by atoms with Crippen LogP contribution in [0, 0.1) is 0 Å². The van der Waals surface area contributed by atoms with E-state index < -0.39 is 0 Å². The van der Waals surface area contributed by atoms with E-state index in [0.717, 1.165) is 141 Å². The number of anilines is 1. The number of fused-ring (bicyclic) bond motifs is 2. The first kappa shape index (κ1) is 50.8. The Bertz CT molecular complexity index is 2460. The number of imide groups is 2. The van der Waals surface area contributed by atoms with Crippen molar-refractivity contribution in [1.29, 1.82) is 0 Å². The molecule has 0 bridgehead atoms. The van der Waals surface area contributed by atoms with Crippen LogP contribution in [0.1, 0.15) is 86.4 Å². The summed E-state index contributed by atoms with van der Waals surface area (Å²) in [6.45, 7) is 11.6. The maximum atomic E-state index is 14.7. The number of piperidine rings is 2. The highest BCUT2D eigenvalue weighted by Crippen LogP contribution is 2.49. The van der Waals surface area contributed by atoms with Crippen molar-refractivity contribution in [3.8, 4) is 0 Å². The molecule has 0 unspecified atom stereocenters. The van der Waals surface area contributed by atoms with E-state index >= 15 is 0 Å². The van der Waals surface area contributed by atoms with Gasteiger partial charge < -0.3 is 19.6 Å². The summed E-state index contributed by atoms with van der Waals surface area (Å²) in [5, 5.41) is 7.06. The van der Waals surface area contributed by atoms with E-state index in [9.17, 15) is 19.2 Å². The average molecular weight is 964 g/mol. The molecule has 0 aromatic heterocycles. The van der Waals surface area contributed by atoms with E-state index in [2.05, 4.69) is 50.7 Å². The fourth-order valence-electron chi connectivity index (χ4n) is 10.8. The predicted molar refractivity (Wildman–Crippen MR) is 267 cm³/mol. The largest absolute Gasteiger partial charge is 0.368 e. The van der Waals surface area contributed by atoms with Crippen LogP contribution >= 0.6 is 62.0 Å². The third-order valence-corrected chi connectivity index (χ3v) is 13.9. The lowest BCUT2D eigenvalue weighted by Crippen LogP contribution is -2.47. The minimum Gasteiger partial charge on any atom is -0.368 e. The Hall–Kier alpha value is -3.23. The predicted octanol–water partition coefficient (Wildman–Crippen LogP) is 8.08. The van der Waals surface area contributed by atoms with E-state index in [4.69, 9.17) is 0 Å². The molecule has 0 saturated carbocycles. The van der Waals surface area contributed by atoms with E-state index in [-0.39, 0.29) is 85.7 Å². The molecule has 5 aliphatic rings. The molecule has 3 fully saturated rings. The van der Waals surface area contributed by atoms with Crippen LogP contribution in [0.4, 0.5) is 5.69 Å². The van der Waals surface area contributed by atoms with E-state index in [1.807, 2.05) is 30.3 Å². The summed E-state index contributed by atoms with van der Waals surface area (Å²) in [7, 11) is 4.23. The lowest BCUT2D eigenvalue weighted by molar-refractivity contribution is 0.0573. The first-order chi connectivity index (χ1) is 28.3. The van der Waals surface area contributed by atoms with Crippen LogP contribution in [-0.2, 0) is 0 Å². The second-order valence-electron chi connectivity index (χ2n) is 17.6. The van der Waals surface area contributed by atoms with Crippen molar-refractivity contribution >= 4 is 134 Å². The number of halogens is 5. The normalized spacial score (nSPS) is 18.5. The Morgan fingerprint density at radius 3 is 1.35 bits per heavy atom. The first-order valence-corrected chi connectivity index (χ1v) is 21.8. The van der Waals surface area contributed by atoms with Gasteiger partial charge in [-0.15, -0.1) is 62.0 Å². The van der Waals surface area contributed by atoms with Gasteiger partial charge in [0.1, 0.15) is 0 Å². The molecule has 342 valence electrons. The second-order valence-corrected chi connectivity index (χ2v) is 17.6. The molecule has 3 saturated heterocycles. The molecule has 0 spiro atoms. The number of rotatable bonds is 11. The Balaban J connectivity index is 0.00000150. The Labute approximate surface area is 401 Å². The van der Waals surface area contributed by atoms with Crippen molar-refractivity contribution in [2.45, 2.75) is 44.9 Å². The van der Waals surface area contributed by atoms with Gasteiger partial charge in [-0.3, -0.25) is 33.9 Å². The number of piperazine rings is 1. The van der Waals surface area contributed by atoms with Crippen LogP contribution in [-0.4, -0.2) is 159 Å². The van der Waals surface area contributed by atoms with Gasteiger partial charge in [0, 0.05) is 96.3 Å². The summed E-state index contributed by atoms with van der Waals surface area (Å²) in [5.41, 5.74) is 3.25. The van der Waals surface area contributed by atoms with Gasteiger partial charge in [-0.1, -0.05) is 31.0 Å². The van der Waals surface area contributed by atoms with Gasteiger partial charge in [-0.2, -0.15) is 0 Å². The van der Waals surface area contributed by atoms with Crippen LogP contribution in [0.25, 0.3) is 43.1 Å². The molecule has 16 heteroatoms. The summed E-state index contributed by atoms with van der Waals surface area (Å²) in [6.07, 6.45) is 8.18. The van der Waals surface area contributed by atoms with Gasteiger partial charge >= 0.3 is 0 Å². The van der Waals surface area contributed by atoms with Gasteiger partial charge in [-0.25, -0.2) is 0 Å². The molecular weight excluding hydrogens is 904 g/mol. The van der Waals surface area contributed by atoms with Crippen molar-refractivity contribution in [3.63, 3.8) is 0 Å². The quantitative estimate of drug-likeness (QED) is 0.0741. The first-order valence-electron chi connectivity index (χ1n) is 21.8. The lowest BCUT2D eigenvalue weighted by Gasteiger charge is -2.38. The fourth-order valence-corrected chi connectivity index (χ4v) is 10.8. The number of hydrogen-bond acceptors (Lipinski definition) is 9. The molecule has 0 radical (unpaired) electrons. The number of nitrogens with zero attached hydrogens (tertiary/aromatic N) is 7. The maximum Gasteiger partial charge on any atom is 0.261 e. The monoisotopic (exact) mass is 961 g/mol. The number of carbonyl (C=O) groups excluding carboxylic acids is 4. The van der Waals surface area contributed by atoms with Gasteiger partial charge in [-0.05, 0) is 131 Å². The summed E-state index contributed by atoms with van der Waals surface area (Å²) in [5.74, 6) is -0.928. The lowest BCUT2D eigenvalue weighted by atomic mass is 9.81.